The van der Waals surface area contributed by atoms with Crippen LogP contribution in [-0.2, 0) is 11.2 Å². The normalized spacial score (nSPS) is 10.5. The lowest BCUT2D eigenvalue weighted by molar-refractivity contribution is -0.116. The smallest absolute Gasteiger partial charge is 0.224 e. The van der Waals surface area contributed by atoms with Crippen LogP contribution in [0.15, 0.2) is 53.2 Å². The number of benzene rings is 1. The molecule has 0 fully saturated rings. The molecule has 0 atom stereocenters. The van der Waals surface area contributed by atoms with Gasteiger partial charge in [-0.3, -0.25) is 4.79 Å². The number of aryl methyl sites for hydroxylation is 2. The number of amides is 1. The fourth-order valence-corrected chi connectivity index (χ4v) is 2.30. The molecule has 25 heavy (non-hydrogen) atoms. The van der Waals surface area contributed by atoms with E-state index in [1.54, 1.807) is 31.6 Å². The number of carbonyl (C=O) groups is 1. The average Bonchev–Trinajstić information content (AvgIpc) is 3.10. The van der Waals surface area contributed by atoms with E-state index in [-0.39, 0.29) is 12.3 Å². The molecule has 2 aromatic heterocycles. The van der Waals surface area contributed by atoms with Gasteiger partial charge in [0, 0.05) is 24.5 Å². The topological polar surface area (TPSA) is 77.2 Å². The van der Waals surface area contributed by atoms with Crippen molar-refractivity contribution in [2.24, 2.45) is 0 Å². The summed E-state index contributed by atoms with van der Waals surface area (Å²) in [6, 6.07) is 11.5. The van der Waals surface area contributed by atoms with E-state index in [0.717, 1.165) is 5.56 Å². The third-order valence-corrected chi connectivity index (χ3v) is 3.68. The van der Waals surface area contributed by atoms with Gasteiger partial charge in [0.1, 0.15) is 0 Å². The number of aromatic nitrogens is 2. The minimum atomic E-state index is -0.123. The van der Waals surface area contributed by atoms with Gasteiger partial charge in [-0.1, -0.05) is 29.8 Å². The van der Waals surface area contributed by atoms with E-state index in [1.807, 2.05) is 31.2 Å². The van der Waals surface area contributed by atoms with Crippen LogP contribution in [-0.4, -0.2) is 23.0 Å². The zero-order valence-electron chi connectivity index (χ0n) is 14.2. The van der Waals surface area contributed by atoms with E-state index in [2.05, 4.69) is 15.3 Å². The molecular weight excluding hydrogens is 318 g/mol. The summed E-state index contributed by atoms with van der Waals surface area (Å²) in [7, 11) is 1.54. The van der Waals surface area contributed by atoms with E-state index >= 15 is 0 Å². The molecule has 0 bridgehead atoms. The Morgan fingerprint density at radius 1 is 1.12 bits per heavy atom. The fourth-order valence-electron chi connectivity index (χ4n) is 2.30. The molecule has 128 valence electrons. The highest BCUT2D eigenvalue weighted by atomic mass is 16.5. The van der Waals surface area contributed by atoms with Gasteiger partial charge in [0.25, 0.3) is 0 Å². The molecule has 1 amide bonds. The Kier molecular flexibility index (Phi) is 5.09. The van der Waals surface area contributed by atoms with E-state index in [4.69, 9.17) is 9.15 Å². The Bertz CT molecular complexity index is 839. The van der Waals surface area contributed by atoms with Crippen LogP contribution >= 0.6 is 0 Å². The molecule has 0 aliphatic carbocycles. The van der Waals surface area contributed by atoms with Crippen LogP contribution < -0.4 is 10.1 Å². The van der Waals surface area contributed by atoms with Crippen molar-refractivity contribution in [3.8, 4) is 17.2 Å². The van der Waals surface area contributed by atoms with E-state index < -0.39 is 0 Å². The summed E-state index contributed by atoms with van der Waals surface area (Å²) < 4.78 is 10.7. The third kappa shape index (κ3) is 4.44. The number of oxazole rings is 1. The quantitative estimate of drug-likeness (QED) is 0.743. The second-order valence-corrected chi connectivity index (χ2v) is 5.62. The number of anilines is 1. The first-order chi connectivity index (χ1) is 12.1. The van der Waals surface area contributed by atoms with Gasteiger partial charge in [0.2, 0.25) is 11.8 Å². The lowest BCUT2D eigenvalue weighted by Gasteiger charge is -2.04. The maximum Gasteiger partial charge on any atom is 0.224 e. The standard InChI is InChI=1S/C19H19N3O3/c1-13-3-5-14(6-4-13)16-12-21-19(25-16)10-8-17(23)22-15-7-9-18(24-2)20-11-15/h3-7,9,11-12H,8,10H2,1-2H3,(H,22,23). The molecule has 6 nitrogen and oxygen atoms in total. The molecule has 0 aliphatic rings. The van der Waals surface area contributed by atoms with Crippen molar-refractivity contribution in [1.82, 2.24) is 9.97 Å². The molecule has 0 aliphatic heterocycles. The third-order valence-electron chi connectivity index (χ3n) is 3.68. The average molecular weight is 337 g/mol. The summed E-state index contributed by atoms with van der Waals surface area (Å²) in [6.45, 7) is 2.03. The first-order valence-electron chi connectivity index (χ1n) is 7.95. The predicted octanol–water partition coefficient (Wildman–Crippen LogP) is 3.62. The zero-order valence-corrected chi connectivity index (χ0v) is 14.2. The number of hydrogen-bond acceptors (Lipinski definition) is 5. The second kappa shape index (κ2) is 7.61. The summed E-state index contributed by atoms with van der Waals surface area (Å²) >= 11 is 0. The lowest BCUT2D eigenvalue weighted by atomic mass is 10.1. The van der Waals surface area contributed by atoms with Crippen molar-refractivity contribution in [2.45, 2.75) is 19.8 Å². The van der Waals surface area contributed by atoms with Crippen LogP contribution in [0.25, 0.3) is 11.3 Å². The highest BCUT2D eigenvalue weighted by Gasteiger charge is 2.09. The van der Waals surface area contributed by atoms with Crippen LogP contribution in [0.5, 0.6) is 5.88 Å². The number of methoxy groups -OCH3 is 1. The monoisotopic (exact) mass is 337 g/mol. The van der Waals surface area contributed by atoms with Crippen molar-refractivity contribution in [1.29, 1.82) is 0 Å². The maximum absolute atomic E-state index is 12.0. The second-order valence-electron chi connectivity index (χ2n) is 5.62. The number of carbonyl (C=O) groups excluding carboxylic acids is 1. The van der Waals surface area contributed by atoms with Gasteiger partial charge >= 0.3 is 0 Å². The Morgan fingerprint density at radius 2 is 1.92 bits per heavy atom. The van der Waals surface area contributed by atoms with Crippen molar-refractivity contribution < 1.29 is 13.9 Å². The highest BCUT2D eigenvalue weighted by molar-refractivity contribution is 5.90. The number of nitrogens with zero attached hydrogens (tertiary/aromatic N) is 2. The molecule has 1 aromatic carbocycles. The number of nitrogens with one attached hydrogen (secondary N) is 1. The molecule has 0 spiro atoms. The maximum atomic E-state index is 12.0. The van der Waals surface area contributed by atoms with Gasteiger partial charge in [-0.25, -0.2) is 9.97 Å². The van der Waals surface area contributed by atoms with Crippen molar-refractivity contribution >= 4 is 11.6 Å². The van der Waals surface area contributed by atoms with Gasteiger partial charge < -0.3 is 14.5 Å². The van der Waals surface area contributed by atoms with Gasteiger partial charge in [-0.15, -0.1) is 0 Å². The molecule has 0 saturated heterocycles. The summed E-state index contributed by atoms with van der Waals surface area (Å²) in [5, 5.41) is 2.78. The molecule has 2 heterocycles. The van der Waals surface area contributed by atoms with E-state index in [0.29, 0.717) is 29.6 Å². The Hall–Kier alpha value is -3.15. The Morgan fingerprint density at radius 3 is 2.60 bits per heavy atom. The molecule has 0 saturated carbocycles. The molecule has 0 unspecified atom stereocenters. The van der Waals surface area contributed by atoms with Crippen LogP contribution in [0.4, 0.5) is 5.69 Å². The SMILES string of the molecule is COc1ccc(NC(=O)CCc2ncc(-c3ccc(C)cc3)o2)cn1. The highest BCUT2D eigenvalue weighted by Crippen LogP contribution is 2.21. The lowest BCUT2D eigenvalue weighted by Crippen LogP contribution is -2.12. The number of pyridine rings is 1. The summed E-state index contributed by atoms with van der Waals surface area (Å²) in [6.07, 6.45) is 3.95. The van der Waals surface area contributed by atoms with Crippen LogP contribution in [0.3, 0.4) is 0 Å². The number of ether oxygens (including phenoxy) is 1. The summed E-state index contributed by atoms with van der Waals surface area (Å²) in [5.41, 5.74) is 2.78. The van der Waals surface area contributed by atoms with E-state index in [1.165, 1.54) is 5.56 Å². The minimum Gasteiger partial charge on any atom is -0.481 e. The molecular formula is C19H19N3O3. The fraction of sp³-hybridized carbons (Fsp3) is 0.211. The number of hydrogen-bond donors (Lipinski definition) is 1. The minimum absolute atomic E-state index is 0.123. The van der Waals surface area contributed by atoms with Crippen molar-refractivity contribution in [2.75, 3.05) is 12.4 Å². The Balaban J connectivity index is 1.54. The molecule has 3 rings (SSSR count). The van der Waals surface area contributed by atoms with Crippen molar-refractivity contribution in [3.05, 3.63) is 60.2 Å². The largest absolute Gasteiger partial charge is 0.481 e. The van der Waals surface area contributed by atoms with Crippen LogP contribution in [0.1, 0.15) is 17.9 Å². The van der Waals surface area contributed by atoms with Gasteiger partial charge in [-0.05, 0) is 13.0 Å². The molecule has 1 N–H and O–H groups in total. The van der Waals surface area contributed by atoms with Crippen LogP contribution in [0.2, 0.25) is 0 Å². The van der Waals surface area contributed by atoms with Gasteiger partial charge in [0.15, 0.2) is 11.7 Å². The van der Waals surface area contributed by atoms with Gasteiger partial charge in [-0.2, -0.15) is 0 Å². The molecule has 6 heteroatoms. The number of rotatable bonds is 6. The molecule has 3 aromatic rings. The van der Waals surface area contributed by atoms with Crippen LogP contribution in [0, 0.1) is 6.92 Å². The summed E-state index contributed by atoms with van der Waals surface area (Å²) in [5.74, 6) is 1.62. The summed E-state index contributed by atoms with van der Waals surface area (Å²) in [4.78, 5) is 20.3. The zero-order chi connectivity index (χ0) is 17.6. The van der Waals surface area contributed by atoms with Crippen molar-refractivity contribution in [3.63, 3.8) is 0 Å². The first kappa shape index (κ1) is 16.7. The predicted molar refractivity (Wildman–Crippen MR) is 94.4 cm³/mol. The van der Waals surface area contributed by atoms with Gasteiger partial charge in [0.05, 0.1) is 25.2 Å². The first-order valence-corrected chi connectivity index (χ1v) is 7.95. The Labute approximate surface area is 145 Å². The molecule has 0 radical (unpaired) electrons. The van der Waals surface area contributed by atoms with E-state index in [9.17, 15) is 4.79 Å².